The van der Waals surface area contributed by atoms with Gasteiger partial charge in [0.05, 0.1) is 22.5 Å². The van der Waals surface area contributed by atoms with Crippen molar-refractivity contribution in [3.63, 3.8) is 0 Å². The van der Waals surface area contributed by atoms with Crippen molar-refractivity contribution in [1.29, 1.82) is 0 Å². The van der Waals surface area contributed by atoms with Crippen molar-refractivity contribution in [1.82, 2.24) is 15.2 Å². The summed E-state index contributed by atoms with van der Waals surface area (Å²) in [6.07, 6.45) is 1.73. The molecule has 1 saturated carbocycles. The lowest BCUT2D eigenvalue weighted by Crippen LogP contribution is -2.45. The van der Waals surface area contributed by atoms with E-state index >= 15 is 0 Å². The molecule has 0 unspecified atom stereocenters. The molecular formula is C26H23F2N3O3S. The molecule has 6 nitrogen and oxygen atoms in total. The summed E-state index contributed by atoms with van der Waals surface area (Å²) in [5.41, 5.74) is 2.20. The summed E-state index contributed by atoms with van der Waals surface area (Å²) in [6, 6.07) is 8.96. The van der Waals surface area contributed by atoms with E-state index in [-0.39, 0.29) is 23.6 Å². The fourth-order valence-electron chi connectivity index (χ4n) is 5.33. The molecule has 1 saturated heterocycles. The molecule has 0 bridgehead atoms. The second kappa shape index (κ2) is 8.41. The van der Waals surface area contributed by atoms with Crippen molar-refractivity contribution in [3.05, 3.63) is 69.9 Å². The van der Waals surface area contributed by atoms with E-state index in [4.69, 9.17) is 4.74 Å². The molecule has 0 spiro atoms. The van der Waals surface area contributed by atoms with E-state index in [1.54, 1.807) is 17.9 Å². The minimum absolute atomic E-state index is 0.135. The quantitative estimate of drug-likeness (QED) is 0.575. The van der Waals surface area contributed by atoms with E-state index in [0.29, 0.717) is 59.0 Å². The van der Waals surface area contributed by atoms with Crippen LogP contribution in [0.25, 0.3) is 10.4 Å². The summed E-state index contributed by atoms with van der Waals surface area (Å²) in [4.78, 5) is 33.4. The molecule has 3 atom stereocenters. The van der Waals surface area contributed by atoms with Gasteiger partial charge in [-0.3, -0.25) is 9.59 Å². The number of carbonyl (C=O) groups excluding carboxylic acids is 2. The van der Waals surface area contributed by atoms with E-state index in [0.717, 1.165) is 29.9 Å². The summed E-state index contributed by atoms with van der Waals surface area (Å²) < 4.78 is 32.9. The van der Waals surface area contributed by atoms with Crippen LogP contribution in [-0.4, -0.2) is 47.4 Å². The van der Waals surface area contributed by atoms with Crippen molar-refractivity contribution >= 4 is 23.2 Å². The lowest BCUT2D eigenvalue weighted by molar-refractivity contribution is 0.0690. The summed E-state index contributed by atoms with van der Waals surface area (Å²) in [5, 5.41) is 3.70. The number of hydrogen-bond donors (Lipinski definition) is 1. The van der Waals surface area contributed by atoms with Gasteiger partial charge < -0.3 is 15.0 Å². The molecule has 2 aliphatic heterocycles. The Hall–Kier alpha value is -3.33. The maximum absolute atomic E-state index is 13.9. The number of aromatic nitrogens is 1. The summed E-state index contributed by atoms with van der Waals surface area (Å²) in [6.45, 7) is 3.31. The van der Waals surface area contributed by atoms with Gasteiger partial charge in [0, 0.05) is 30.6 Å². The highest BCUT2D eigenvalue weighted by atomic mass is 32.1. The van der Waals surface area contributed by atoms with E-state index in [9.17, 15) is 18.4 Å². The SMILES string of the molecule is Cc1nc(C(=O)N2C[C@@H]3C[C@@H]3[C@H]2CNC(=O)c2cccc3c2CCO3)c(-c2ccc(F)c(F)c2)s1. The molecule has 180 valence electrons. The van der Waals surface area contributed by atoms with Crippen LogP contribution in [0.15, 0.2) is 36.4 Å². The van der Waals surface area contributed by atoms with Crippen molar-refractivity contribution in [2.45, 2.75) is 25.8 Å². The average Bonchev–Trinajstić information content (AvgIpc) is 3.16. The van der Waals surface area contributed by atoms with Crippen LogP contribution >= 0.6 is 11.3 Å². The van der Waals surface area contributed by atoms with Gasteiger partial charge in [-0.05, 0) is 55.0 Å². The largest absolute Gasteiger partial charge is 0.493 e. The van der Waals surface area contributed by atoms with Crippen LogP contribution in [0.4, 0.5) is 8.78 Å². The number of nitrogens with zero attached hydrogens (tertiary/aromatic N) is 2. The summed E-state index contributed by atoms with van der Waals surface area (Å²) in [7, 11) is 0. The van der Waals surface area contributed by atoms with Gasteiger partial charge in [0.1, 0.15) is 11.4 Å². The molecule has 6 rings (SSSR count). The number of aryl methyl sites for hydroxylation is 1. The molecule has 1 aliphatic carbocycles. The Morgan fingerprint density at radius 1 is 1.23 bits per heavy atom. The molecule has 3 heterocycles. The Morgan fingerprint density at radius 2 is 2.09 bits per heavy atom. The van der Waals surface area contributed by atoms with Gasteiger partial charge in [-0.1, -0.05) is 12.1 Å². The molecule has 3 aliphatic rings. The normalized spacial score (nSPS) is 21.9. The number of hydrogen-bond acceptors (Lipinski definition) is 5. The number of rotatable bonds is 5. The van der Waals surface area contributed by atoms with E-state index in [1.165, 1.54) is 17.4 Å². The number of nitrogens with one attached hydrogen (secondary N) is 1. The number of halogens is 2. The van der Waals surface area contributed by atoms with Crippen molar-refractivity contribution in [2.75, 3.05) is 19.7 Å². The minimum Gasteiger partial charge on any atom is -0.493 e. The van der Waals surface area contributed by atoms with Gasteiger partial charge >= 0.3 is 0 Å². The average molecular weight is 496 g/mol. The van der Waals surface area contributed by atoms with Crippen LogP contribution in [0, 0.1) is 30.4 Å². The van der Waals surface area contributed by atoms with E-state index < -0.39 is 11.6 Å². The monoisotopic (exact) mass is 495 g/mol. The van der Waals surface area contributed by atoms with Crippen LogP contribution in [-0.2, 0) is 6.42 Å². The third-order valence-corrected chi connectivity index (χ3v) is 8.16. The summed E-state index contributed by atoms with van der Waals surface area (Å²) >= 11 is 1.28. The van der Waals surface area contributed by atoms with Gasteiger partial charge in [0.25, 0.3) is 11.8 Å². The highest BCUT2D eigenvalue weighted by molar-refractivity contribution is 7.15. The van der Waals surface area contributed by atoms with Gasteiger partial charge in [0.2, 0.25) is 0 Å². The molecule has 1 N–H and O–H groups in total. The lowest BCUT2D eigenvalue weighted by atomic mass is 10.0. The number of piperidine rings is 1. The highest BCUT2D eigenvalue weighted by Crippen LogP contribution is 2.50. The van der Waals surface area contributed by atoms with Crippen LogP contribution in [0.1, 0.15) is 37.8 Å². The molecule has 35 heavy (non-hydrogen) atoms. The van der Waals surface area contributed by atoms with Gasteiger partial charge in [-0.25, -0.2) is 13.8 Å². The predicted octanol–water partition coefficient (Wildman–Crippen LogP) is 4.22. The first-order valence-electron chi connectivity index (χ1n) is 11.7. The first-order valence-corrected chi connectivity index (χ1v) is 12.5. The van der Waals surface area contributed by atoms with Gasteiger partial charge in [-0.2, -0.15) is 0 Å². The topological polar surface area (TPSA) is 71.5 Å². The second-order valence-electron chi connectivity index (χ2n) is 9.31. The van der Waals surface area contributed by atoms with Crippen LogP contribution in [0.2, 0.25) is 0 Å². The maximum Gasteiger partial charge on any atom is 0.274 e. The number of ether oxygens (including phenoxy) is 1. The van der Waals surface area contributed by atoms with Crippen LogP contribution in [0.3, 0.4) is 0 Å². The zero-order valence-electron chi connectivity index (χ0n) is 19.0. The Labute approximate surface area is 204 Å². The molecule has 1 aromatic heterocycles. The number of thiazole rings is 1. The number of amides is 2. The van der Waals surface area contributed by atoms with E-state index in [2.05, 4.69) is 10.3 Å². The predicted molar refractivity (Wildman–Crippen MR) is 127 cm³/mol. The Morgan fingerprint density at radius 3 is 2.91 bits per heavy atom. The third-order valence-electron chi connectivity index (χ3n) is 7.14. The number of carbonyl (C=O) groups is 2. The fourth-order valence-corrected chi connectivity index (χ4v) is 6.24. The highest BCUT2D eigenvalue weighted by Gasteiger charge is 2.54. The Bertz CT molecular complexity index is 1360. The van der Waals surface area contributed by atoms with Crippen LogP contribution < -0.4 is 10.1 Å². The second-order valence-corrected chi connectivity index (χ2v) is 10.5. The Balaban J connectivity index is 1.22. The summed E-state index contributed by atoms with van der Waals surface area (Å²) in [5.74, 6) is -0.800. The number of fused-ring (bicyclic) bond motifs is 2. The zero-order valence-corrected chi connectivity index (χ0v) is 19.8. The minimum atomic E-state index is -0.965. The smallest absolute Gasteiger partial charge is 0.274 e. The zero-order chi connectivity index (χ0) is 24.3. The van der Waals surface area contributed by atoms with Crippen LogP contribution in [0.5, 0.6) is 5.75 Å². The molecule has 9 heteroatoms. The third kappa shape index (κ3) is 3.87. The maximum atomic E-state index is 13.9. The molecule has 2 fully saturated rings. The van der Waals surface area contributed by atoms with Gasteiger partial charge in [-0.15, -0.1) is 11.3 Å². The first kappa shape index (κ1) is 22.2. The molecule has 2 amide bonds. The number of benzene rings is 2. The van der Waals surface area contributed by atoms with Crippen molar-refractivity contribution in [2.24, 2.45) is 11.8 Å². The lowest BCUT2D eigenvalue weighted by Gasteiger charge is -2.27. The van der Waals surface area contributed by atoms with Gasteiger partial charge in [0.15, 0.2) is 11.6 Å². The van der Waals surface area contributed by atoms with Crippen molar-refractivity contribution in [3.8, 4) is 16.2 Å². The fraction of sp³-hybridized carbons (Fsp3) is 0.346. The van der Waals surface area contributed by atoms with Crippen molar-refractivity contribution < 1.29 is 23.1 Å². The number of likely N-dealkylation sites (tertiary alicyclic amines) is 1. The standard InChI is InChI=1S/C26H23F2N3O3S/c1-13-30-23(24(35-13)14-5-6-19(27)20(28)10-14)26(33)31-12-15-9-18(15)21(31)11-29-25(32)17-3-2-4-22-16(17)7-8-34-22/h2-6,10,15,18,21H,7-9,11-12H2,1H3,(H,29,32)/t15-,18-,21+/m0/s1. The molecule has 0 radical (unpaired) electrons. The molecular weight excluding hydrogens is 472 g/mol. The van der Waals surface area contributed by atoms with E-state index in [1.807, 2.05) is 12.1 Å². The molecule has 2 aromatic carbocycles. The first-order chi connectivity index (χ1) is 16.9. The molecule has 3 aromatic rings. The Kier molecular flexibility index (Phi) is 5.32.